The van der Waals surface area contributed by atoms with Crippen molar-refractivity contribution in [2.24, 2.45) is 0 Å². The number of ether oxygens (including phenoxy) is 1. The monoisotopic (exact) mass is 236 g/mol. The molecule has 0 N–H and O–H groups in total. The highest BCUT2D eigenvalue weighted by Crippen LogP contribution is 2.17. The van der Waals surface area contributed by atoms with Gasteiger partial charge in [0.25, 0.3) is 0 Å². The number of anilines is 1. The molecule has 0 saturated carbocycles. The summed E-state index contributed by atoms with van der Waals surface area (Å²) in [5, 5.41) is 0. The number of morpholine rings is 1. The van der Waals surface area contributed by atoms with Crippen LogP contribution >= 0.6 is 0 Å². The van der Waals surface area contributed by atoms with Crippen LogP contribution in [0.15, 0.2) is 18.3 Å². The van der Waals surface area contributed by atoms with E-state index in [1.807, 2.05) is 20.0 Å². The van der Waals surface area contributed by atoms with Crippen molar-refractivity contribution in [1.29, 1.82) is 0 Å². The van der Waals surface area contributed by atoms with Gasteiger partial charge in [0.05, 0.1) is 25.1 Å². The van der Waals surface area contributed by atoms with Gasteiger partial charge in [-0.1, -0.05) is 27.7 Å². The molecule has 3 heteroatoms. The second kappa shape index (κ2) is 7.28. The van der Waals surface area contributed by atoms with Crippen LogP contribution in [-0.2, 0) is 4.74 Å². The Labute approximate surface area is 105 Å². The predicted molar refractivity (Wildman–Crippen MR) is 72.7 cm³/mol. The van der Waals surface area contributed by atoms with Crippen molar-refractivity contribution in [1.82, 2.24) is 4.98 Å². The van der Waals surface area contributed by atoms with E-state index in [1.165, 1.54) is 5.69 Å². The first kappa shape index (κ1) is 14.0. The first-order valence-corrected chi connectivity index (χ1v) is 6.56. The lowest BCUT2D eigenvalue weighted by molar-refractivity contribution is 0.122. The third kappa shape index (κ3) is 4.00. The highest BCUT2D eigenvalue weighted by atomic mass is 16.5. The Hall–Kier alpha value is -1.09. The van der Waals surface area contributed by atoms with E-state index < -0.39 is 0 Å². The third-order valence-electron chi connectivity index (χ3n) is 2.74. The van der Waals surface area contributed by atoms with Crippen LogP contribution in [0.2, 0.25) is 0 Å². The van der Waals surface area contributed by atoms with E-state index in [0.717, 1.165) is 32.0 Å². The fourth-order valence-electron chi connectivity index (χ4n) is 1.75. The zero-order valence-corrected chi connectivity index (χ0v) is 11.4. The molecule has 0 spiro atoms. The maximum Gasteiger partial charge on any atom is 0.0642 e. The smallest absolute Gasteiger partial charge is 0.0642 e. The number of nitrogens with zero attached hydrogens (tertiary/aromatic N) is 2. The van der Waals surface area contributed by atoms with Crippen molar-refractivity contribution < 1.29 is 4.74 Å². The zero-order valence-electron chi connectivity index (χ0n) is 11.4. The van der Waals surface area contributed by atoms with Crippen molar-refractivity contribution >= 4 is 5.69 Å². The van der Waals surface area contributed by atoms with E-state index >= 15 is 0 Å². The summed E-state index contributed by atoms with van der Waals surface area (Å²) in [6.45, 7) is 11.9. The molecule has 1 fully saturated rings. The standard InChI is InChI=1S/C12H18N2O.C2H6/c1-10(2)12-4-3-11(9-13-12)14-5-7-15-8-6-14;1-2/h3-4,9-10H,5-8H2,1-2H3;1-2H3. The molecule has 2 rings (SSSR count). The molecule has 2 heterocycles. The van der Waals surface area contributed by atoms with Crippen molar-refractivity contribution in [3.8, 4) is 0 Å². The van der Waals surface area contributed by atoms with Gasteiger partial charge in [0.2, 0.25) is 0 Å². The fourth-order valence-corrected chi connectivity index (χ4v) is 1.75. The molecule has 3 nitrogen and oxygen atoms in total. The molecule has 1 aliphatic rings. The van der Waals surface area contributed by atoms with E-state index in [2.05, 4.69) is 35.9 Å². The van der Waals surface area contributed by atoms with E-state index in [4.69, 9.17) is 4.74 Å². The minimum Gasteiger partial charge on any atom is -0.378 e. The summed E-state index contributed by atoms with van der Waals surface area (Å²) in [6.07, 6.45) is 1.97. The number of aromatic nitrogens is 1. The van der Waals surface area contributed by atoms with E-state index in [1.54, 1.807) is 0 Å². The highest BCUT2D eigenvalue weighted by molar-refractivity contribution is 5.45. The van der Waals surface area contributed by atoms with Crippen molar-refractivity contribution in [2.45, 2.75) is 33.6 Å². The highest BCUT2D eigenvalue weighted by Gasteiger charge is 2.11. The molecular weight excluding hydrogens is 212 g/mol. The topological polar surface area (TPSA) is 25.4 Å². The van der Waals surface area contributed by atoms with Gasteiger partial charge < -0.3 is 9.64 Å². The van der Waals surface area contributed by atoms with E-state index in [9.17, 15) is 0 Å². The second-order valence-electron chi connectivity index (χ2n) is 4.20. The van der Waals surface area contributed by atoms with Crippen molar-refractivity contribution in [3.05, 3.63) is 24.0 Å². The van der Waals surface area contributed by atoms with Crippen LogP contribution < -0.4 is 4.90 Å². The molecule has 0 atom stereocenters. The number of rotatable bonds is 2. The Balaban J connectivity index is 0.000000686. The van der Waals surface area contributed by atoms with Crippen LogP contribution in [0.1, 0.15) is 39.3 Å². The molecule has 0 bridgehead atoms. The van der Waals surface area contributed by atoms with Crippen LogP contribution in [0.25, 0.3) is 0 Å². The number of hydrogen-bond donors (Lipinski definition) is 0. The lowest BCUT2D eigenvalue weighted by Crippen LogP contribution is -2.36. The molecule has 1 aromatic heterocycles. The summed E-state index contributed by atoms with van der Waals surface area (Å²) >= 11 is 0. The van der Waals surface area contributed by atoms with Crippen molar-refractivity contribution in [2.75, 3.05) is 31.2 Å². The molecular formula is C14H24N2O. The molecule has 96 valence electrons. The van der Waals surface area contributed by atoms with Gasteiger partial charge in [-0.15, -0.1) is 0 Å². The molecule has 1 saturated heterocycles. The normalized spacial score (nSPS) is 15.5. The van der Waals surface area contributed by atoms with Gasteiger partial charge in [0.15, 0.2) is 0 Å². The number of hydrogen-bond acceptors (Lipinski definition) is 3. The van der Waals surface area contributed by atoms with Crippen LogP contribution in [0.5, 0.6) is 0 Å². The summed E-state index contributed by atoms with van der Waals surface area (Å²) in [7, 11) is 0. The first-order chi connectivity index (χ1) is 8.27. The third-order valence-corrected chi connectivity index (χ3v) is 2.74. The molecule has 0 aromatic carbocycles. The van der Waals surface area contributed by atoms with Crippen LogP contribution in [0.4, 0.5) is 5.69 Å². The number of pyridine rings is 1. The van der Waals surface area contributed by atoms with Crippen molar-refractivity contribution in [3.63, 3.8) is 0 Å². The summed E-state index contributed by atoms with van der Waals surface area (Å²) < 4.78 is 5.32. The molecule has 0 radical (unpaired) electrons. The predicted octanol–water partition coefficient (Wildman–Crippen LogP) is 3.07. The van der Waals surface area contributed by atoms with Gasteiger partial charge in [-0.2, -0.15) is 0 Å². The van der Waals surface area contributed by atoms with Crippen LogP contribution in [0, 0.1) is 0 Å². The van der Waals surface area contributed by atoms with Crippen LogP contribution in [0.3, 0.4) is 0 Å². The minimum absolute atomic E-state index is 0.503. The summed E-state index contributed by atoms with van der Waals surface area (Å²) in [5.41, 5.74) is 2.37. The molecule has 1 aliphatic heterocycles. The quantitative estimate of drug-likeness (QED) is 0.789. The lowest BCUT2D eigenvalue weighted by atomic mass is 10.1. The maximum atomic E-state index is 5.32. The molecule has 17 heavy (non-hydrogen) atoms. The van der Waals surface area contributed by atoms with Gasteiger partial charge in [-0.3, -0.25) is 4.98 Å². The largest absolute Gasteiger partial charge is 0.378 e. The van der Waals surface area contributed by atoms with Gasteiger partial charge in [0.1, 0.15) is 0 Å². The second-order valence-corrected chi connectivity index (χ2v) is 4.20. The van der Waals surface area contributed by atoms with Gasteiger partial charge >= 0.3 is 0 Å². The Bertz CT molecular complexity index is 303. The molecule has 0 amide bonds. The SMILES string of the molecule is CC.CC(C)c1ccc(N2CCOCC2)cn1. The Morgan fingerprint density at radius 2 is 1.82 bits per heavy atom. The minimum atomic E-state index is 0.503. The lowest BCUT2D eigenvalue weighted by Gasteiger charge is -2.28. The maximum absolute atomic E-state index is 5.32. The van der Waals surface area contributed by atoms with E-state index in [-0.39, 0.29) is 0 Å². The summed E-state index contributed by atoms with van der Waals surface area (Å²) in [5.74, 6) is 0.503. The Morgan fingerprint density at radius 3 is 2.29 bits per heavy atom. The first-order valence-electron chi connectivity index (χ1n) is 6.56. The van der Waals surface area contributed by atoms with Gasteiger partial charge in [-0.25, -0.2) is 0 Å². The molecule has 0 unspecified atom stereocenters. The van der Waals surface area contributed by atoms with E-state index in [0.29, 0.717) is 5.92 Å². The van der Waals surface area contributed by atoms with Gasteiger partial charge in [0, 0.05) is 18.8 Å². The van der Waals surface area contributed by atoms with Gasteiger partial charge in [-0.05, 0) is 18.1 Å². The summed E-state index contributed by atoms with van der Waals surface area (Å²) in [6, 6.07) is 4.28. The van der Waals surface area contributed by atoms with Crippen LogP contribution in [-0.4, -0.2) is 31.3 Å². The average molecular weight is 236 g/mol. The fraction of sp³-hybridized carbons (Fsp3) is 0.643. The molecule has 0 aliphatic carbocycles. The average Bonchev–Trinajstić information content (AvgIpc) is 2.42. The summed E-state index contributed by atoms with van der Waals surface area (Å²) in [4.78, 5) is 6.79. The zero-order chi connectivity index (χ0) is 12.7. The Morgan fingerprint density at radius 1 is 1.18 bits per heavy atom. The Kier molecular flexibility index (Phi) is 5.98. The molecule has 1 aromatic rings.